The fourth-order valence-corrected chi connectivity index (χ4v) is 7.57. The van der Waals surface area contributed by atoms with Crippen molar-refractivity contribution >= 4 is 10.6 Å². The maximum atomic E-state index is 2.35. The summed E-state index contributed by atoms with van der Waals surface area (Å²) in [5.41, 5.74) is 14.4. The van der Waals surface area contributed by atoms with E-state index >= 15 is 0 Å². The largest absolute Gasteiger partial charge is 1.00 e. The van der Waals surface area contributed by atoms with Crippen molar-refractivity contribution in [1.82, 2.24) is 0 Å². The van der Waals surface area contributed by atoms with E-state index in [1.807, 2.05) is 0 Å². The SMILES string of the molecule is CCc1cccc(-[c-]2c(CC)ccc2CC)c1.CCc1cccc(-[c-]2c(CC)ccc2CC)c1.C[Si](=[Zr+2])c1ccccc1.[Cl-].[Cl-]. The third-order valence-corrected chi connectivity index (χ3v) is 11.6. The molecule has 0 aromatic heterocycles. The van der Waals surface area contributed by atoms with Gasteiger partial charge in [-0.05, 0) is 38.5 Å². The van der Waals surface area contributed by atoms with Gasteiger partial charge < -0.3 is 24.8 Å². The number of hydrogen-bond acceptors (Lipinski definition) is 0. The van der Waals surface area contributed by atoms with Crippen LogP contribution in [-0.4, -0.2) is 5.43 Å². The minimum Gasteiger partial charge on any atom is -1.00 e. The summed E-state index contributed by atoms with van der Waals surface area (Å²) in [6.07, 6.45) is 6.68. The predicted molar refractivity (Wildman–Crippen MR) is 189 cm³/mol. The summed E-state index contributed by atoms with van der Waals surface area (Å²) in [5.74, 6) is 0. The zero-order valence-electron chi connectivity index (χ0n) is 28.3. The molecule has 0 aliphatic rings. The van der Waals surface area contributed by atoms with Crippen LogP contribution in [-0.2, 0) is 61.9 Å². The van der Waals surface area contributed by atoms with E-state index in [0.717, 1.165) is 38.5 Å². The molecule has 238 valence electrons. The second kappa shape index (κ2) is 21.8. The van der Waals surface area contributed by atoms with E-state index in [1.165, 1.54) is 55.6 Å². The fraction of sp³-hybridized carbons (Fsp3) is 0.317. The quantitative estimate of drug-likeness (QED) is 0.154. The van der Waals surface area contributed by atoms with Gasteiger partial charge in [-0.3, -0.25) is 0 Å². The average molecular weight is 733 g/mol. The molecule has 5 aromatic rings. The summed E-state index contributed by atoms with van der Waals surface area (Å²) in [4.78, 5) is 0. The zero-order chi connectivity index (χ0) is 31.2. The van der Waals surface area contributed by atoms with Crippen LogP contribution >= 0.6 is 0 Å². The van der Waals surface area contributed by atoms with Gasteiger partial charge in [-0.1, -0.05) is 88.1 Å². The Labute approximate surface area is 302 Å². The van der Waals surface area contributed by atoms with Crippen molar-refractivity contribution in [2.75, 3.05) is 0 Å². The van der Waals surface area contributed by atoms with Crippen LogP contribution in [0.25, 0.3) is 22.3 Å². The molecule has 0 spiro atoms. The molecular weight excluding hydrogens is 683 g/mol. The van der Waals surface area contributed by atoms with Gasteiger partial charge in [0.05, 0.1) is 0 Å². The molecule has 0 radical (unpaired) electrons. The van der Waals surface area contributed by atoms with Gasteiger partial charge in [0.1, 0.15) is 0 Å². The van der Waals surface area contributed by atoms with E-state index < -0.39 is 0 Å². The summed E-state index contributed by atoms with van der Waals surface area (Å²) >= 11 is 1.69. The molecule has 5 aromatic carbocycles. The van der Waals surface area contributed by atoms with Crippen LogP contribution in [0.15, 0.2) is 103 Å². The summed E-state index contributed by atoms with van der Waals surface area (Å²) in [5, 5.41) is 1.56. The van der Waals surface area contributed by atoms with Crippen molar-refractivity contribution in [2.45, 2.75) is 86.6 Å². The summed E-state index contributed by atoms with van der Waals surface area (Å²) in [7, 11) is 0. The molecule has 0 amide bonds. The zero-order valence-corrected chi connectivity index (χ0v) is 33.3. The van der Waals surface area contributed by atoms with Crippen molar-refractivity contribution < 1.29 is 48.1 Å². The summed E-state index contributed by atoms with van der Waals surface area (Å²) in [6.45, 7) is 15.7. The maximum absolute atomic E-state index is 2.35. The first-order chi connectivity index (χ1) is 20.9. The van der Waals surface area contributed by atoms with Crippen molar-refractivity contribution in [3.8, 4) is 22.3 Å². The number of halogens is 2. The monoisotopic (exact) mass is 730 g/mol. The van der Waals surface area contributed by atoms with Gasteiger partial charge in [-0.2, -0.15) is 0 Å². The first-order valence-electron chi connectivity index (χ1n) is 16.2. The smallest absolute Gasteiger partial charge is 1.00 e. The molecule has 4 heteroatoms. The fourth-order valence-electron chi connectivity index (χ4n) is 5.65. The third-order valence-electron chi connectivity index (χ3n) is 8.23. The second-order valence-electron chi connectivity index (χ2n) is 11.0. The Morgan fingerprint density at radius 3 is 1.09 bits per heavy atom. The molecule has 0 atom stereocenters. The number of benzene rings is 3. The average Bonchev–Trinajstić information content (AvgIpc) is 3.69. The van der Waals surface area contributed by atoms with Crippen molar-refractivity contribution in [3.63, 3.8) is 0 Å². The molecule has 0 bridgehead atoms. The van der Waals surface area contributed by atoms with Crippen LogP contribution in [0.2, 0.25) is 6.55 Å². The molecule has 0 saturated heterocycles. The van der Waals surface area contributed by atoms with Crippen molar-refractivity contribution in [3.05, 3.63) is 137 Å². The molecule has 0 aliphatic heterocycles. The van der Waals surface area contributed by atoms with Crippen molar-refractivity contribution in [1.29, 1.82) is 0 Å². The van der Waals surface area contributed by atoms with E-state index in [4.69, 9.17) is 0 Å². The van der Waals surface area contributed by atoms with Crippen LogP contribution in [0.3, 0.4) is 0 Å². The van der Waals surface area contributed by atoms with Gasteiger partial charge in [-0.15, -0.1) is 81.9 Å². The Bertz CT molecular complexity index is 1420. The Kier molecular flexibility index (Phi) is 19.9. The molecular formula is C41H50Cl2SiZr-2. The van der Waals surface area contributed by atoms with Gasteiger partial charge in [-0.25, -0.2) is 0 Å². The predicted octanol–water partition coefficient (Wildman–Crippen LogP) is 4.59. The molecule has 0 N–H and O–H groups in total. The van der Waals surface area contributed by atoms with E-state index in [9.17, 15) is 0 Å². The third kappa shape index (κ3) is 11.7. The molecule has 45 heavy (non-hydrogen) atoms. The number of aryl methyl sites for hydroxylation is 6. The van der Waals surface area contributed by atoms with Gasteiger partial charge in [0.15, 0.2) is 0 Å². The Balaban J connectivity index is 0.000000346. The molecule has 0 saturated carbocycles. The van der Waals surface area contributed by atoms with Gasteiger partial charge in [0, 0.05) is 0 Å². The Hall–Kier alpha value is -1.96. The number of hydrogen-bond donors (Lipinski definition) is 0. The first kappa shape index (κ1) is 41.1. The van der Waals surface area contributed by atoms with Gasteiger partial charge >= 0.3 is 70.8 Å². The number of rotatable bonds is 9. The van der Waals surface area contributed by atoms with Crippen molar-refractivity contribution in [2.24, 2.45) is 0 Å². The molecule has 0 nitrogen and oxygen atoms in total. The minimum absolute atomic E-state index is 0. The second-order valence-corrected chi connectivity index (χ2v) is 18.4. The molecule has 0 unspecified atom stereocenters. The van der Waals surface area contributed by atoms with E-state index in [0.29, 0.717) is 0 Å². The first-order valence-corrected chi connectivity index (χ1v) is 21.9. The van der Waals surface area contributed by atoms with E-state index in [2.05, 4.69) is 151 Å². The van der Waals surface area contributed by atoms with E-state index in [-0.39, 0.29) is 30.2 Å². The van der Waals surface area contributed by atoms with Crippen LogP contribution in [0.1, 0.15) is 74.9 Å². The minimum atomic E-state index is -0.122. The topological polar surface area (TPSA) is 0 Å². The van der Waals surface area contributed by atoms with Gasteiger partial charge in [0.2, 0.25) is 0 Å². The summed E-state index contributed by atoms with van der Waals surface area (Å²) in [6, 6.07) is 37.9. The standard InChI is InChI=1S/2C17H21.C7H8Si.2ClH.Zr/c2*1-4-13-8-7-9-16(12-13)17-14(5-2)10-11-15(17)6-3;1-8-7-5-3-2-4-6-7;;;/h2*7-12H,4-6H2,1-3H3;2-6H,1H3;2*1H;/q2*-1;;;;+2/p-2. The Morgan fingerprint density at radius 2 is 0.822 bits per heavy atom. The van der Waals surface area contributed by atoms with Crippen LogP contribution < -0.4 is 30.0 Å². The molecule has 5 rings (SSSR count). The maximum Gasteiger partial charge on any atom is -1.00 e. The van der Waals surface area contributed by atoms with E-state index in [1.54, 1.807) is 28.5 Å². The van der Waals surface area contributed by atoms with Crippen LogP contribution in [0.5, 0.6) is 0 Å². The summed E-state index contributed by atoms with van der Waals surface area (Å²) < 4.78 is 0. The van der Waals surface area contributed by atoms with Gasteiger partial charge in [0.25, 0.3) is 0 Å². The molecule has 0 aliphatic carbocycles. The Morgan fingerprint density at radius 1 is 0.467 bits per heavy atom. The van der Waals surface area contributed by atoms with Crippen LogP contribution in [0, 0.1) is 0 Å². The molecule has 0 fully saturated rings. The van der Waals surface area contributed by atoms with Crippen LogP contribution in [0.4, 0.5) is 0 Å². The molecule has 0 heterocycles. The normalized spacial score (nSPS) is 9.98.